The van der Waals surface area contributed by atoms with Crippen LogP contribution in [0, 0.1) is 0 Å². The molecule has 0 unspecified atom stereocenters. The first-order chi connectivity index (χ1) is 20.6. The summed E-state index contributed by atoms with van der Waals surface area (Å²) in [5, 5.41) is 11.1. The number of hydrogen-bond donors (Lipinski definition) is 1. The maximum atomic E-state index is 14.3. The monoisotopic (exact) mass is 638 g/mol. The minimum atomic E-state index is -3.51. The molecule has 0 saturated carbocycles. The summed E-state index contributed by atoms with van der Waals surface area (Å²) in [6, 6.07) is 3.45. The van der Waals surface area contributed by atoms with Gasteiger partial charge in [0.05, 0.1) is 26.1 Å². The fraction of sp³-hybridized carbons (Fsp3) is 0.778. The Hall–Kier alpha value is -2.01. The normalized spacial score (nSPS) is 12.3. The molecule has 0 heterocycles. The maximum absolute atomic E-state index is 14.3. The molecule has 0 aliphatic carbocycles. The van der Waals surface area contributed by atoms with Crippen LogP contribution in [0.3, 0.4) is 0 Å². The minimum Gasteiger partial charge on any atom is -0.507 e. The van der Waals surface area contributed by atoms with Gasteiger partial charge in [0.15, 0.2) is 0 Å². The van der Waals surface area contributed by atoms with Crippen molar-refractivity contribution in [1.29, 1.82) is 0 Å². The Morgan fingerprint density at radius 2 is 1.02 bits per heavy atom. The molecule has 1 N–H and O–H groups in total. The van der Waals surface area contributed by atoms with E-state index in [-0.39, 0.29) is 30.9 Å². The molecule has 1 aromatic carbocycles. The third-order valence-electron chi connectivity index (χ3n) is 7.81. The summed E-state index contributed by atoms with van der Waals surface area (Å²) in [5.41, 5.74) is 0.578. The van der Waals surface area contributed by atoms with Crippen LogP contribution in [0.5, 0.6) is 11.5 Å². The third-order valence-corrected chi connectivity index (χ3v) is 10.2. The van der Waals surface area contributed by atoms with Crippen LogP contribution in [-0.4, -0.2) is 42.6 Å². The number of ether oxygens (including phenoxy) is 2. The second kappa shape index (κ2) is 20.2. The van der Waals surface area contributed by atoms with Crippen LogP contribution >= 0.6 is 7.37 Å². The van der Waals surface area contributed by atoms with Crippen molar-refractivity contribution >= 4 is 19.3 Å². The summed E-state index contributed by atoms with van der Waals surface area (Å²) < 4.78 is 31.3. The highest BCUT2D eigenvalue weighted by atomic mass is 31.2. The summed E-state index contributed by atoms with van der Waals surface area (Å²) in [6.45, 7) is 17.0. The van der Waals surface area contributed by atoms with E-state index in [9.17, 15) is 19.3 Å². The van der Waals surface area contributed by atoms with Crippen molar-refractivity contribution in [2.45, 2.75) is 156 Å². The number of aromatic hydroxyl groups is 1. The number of hydrogen-bond acceptors (Lipinski definition) is 7. The van der Waals surface area contributed by atoms with E-state index in [0.717, 1.165) is 38.5 Å². The molecule has 1 aromatic rings. The van der Waals surface area contributed by atoms with Gasteiger partial charge in [0.25, 0.3) is 0 Å². The number of unbranched alkanes of at least 4 members (excludes halogenated alkanes) is 10. The lowest BCUT2D eigenvalue weighted by molar-refractivity contribution is -0.144. The molecule has 8 heteroatoms. The Balaban J connectivity index is 2.98. The van der Waals surface area contributed by atoms with Crippen LogP contribution < -0.4 is 4.52 Å². The zero-order chi connectivity index (χ0) is 33.2. The van der Waals surface area contributed by atoms with E-state index < -0.39 is 30.1 Å². The second-order valence-electron chi connectivity index (χ2n) is 14.2. The van der Waals surface area contributed by atoms with Gasteiger partial charge in [-0.2, -0.15) is 0 Å². The summed E-state index contributed by atoms with van der Waals surface area (Å²) >= 11 is 0. The Morgan fingerprint density at radius 3 is 1.39 bits per heavy atom. The molecule has 0 spiro atoms. The molecule has 1 rings (SSSR count). The lowest BCUT2D eigenvalue weighted by atomic mass is 9.79. The van der Waals surface area contributed by atoms with Gasteiger partial charge in [0.2, 0.25) is 7.37 Å². The number of carbonyl (C=O) groups is 2. The fourth-order valence-electron chi connectivity index (χ4n) is 5.00. The molecule has 7 nitrogen and oxygen atoms in total. The van der Waals surface area contributed by atoms with Gasteiger partial charge < -0.3 is 19.1 Å². The Morgan fingerprint density at radius 1 is 0.659 bits per heavy atom. The van der Waals surface area contributed by atoms with Crippen molar-refractivity contribution < 1.29 is 33.3 Å². The number of phenolic OH excluding ortho intramolecular Hbond substituents is 1. The van der Waals surface area contributed by atoms with E-state index in [1.54, 1.807) is 12.1 Å². The van der Waals surface area contributed by atoms with Crippen molar-refractivity contribution in [2.24, 2.45) is 0 Å². The lowest BCUT2D eigenvalue weighted by Gasteiger charge is -2.29. The summed E-state index contributed by atoms with van der Waals surface area (Å²) in [4.78, 5) is 25.2. The van der Waals surface area contributed by atoms with Crippen LogP contribution in [-0.2, 0) is 34.5 Å². The first kappa shape index (κ1) is 40.0. The van der Waals surface area contributed by atoms with Crippen molar-refractivity contribution in [3.8, 4) is 11.5 Å². The molecule has 0 radical (unpaired) electrons. The molecule has 0 fully saturated rings. The van der Waals surface area contributed by atoms with Crippen molar-refractivity contribution in [2.75, 3.05) is 25.5 Å². The van der Waals surface area contributed by atoms with Crippen molar-refractivity contribution in [3.05, 3.63) is 23.3 Å². The molecule has 0 bridgehead atoms. The largest absolute Gasteiger partial charge is 0.507 e. The molecule has 0 atom stereocenters. The van der Waals surface area contributed by atoms with Crippen LogP contribution in [0.1, 0.15) is 156 Å². The SMILES string of the molecule is CCCCCCCCOC(=O)CCP(=O)(CCC(=O)OCCCCCCCC)Oc1cc(C(C)(C)C)c(O)c(C(C)(C)C)c1. The van der Waals surface area contributed by atoms with Crippen molar-refractivity contribution in [3.63, 3.8) is 0 Å². The van der Waals surface area contributed by atoms with Gasteiger partial charge >= 0.3 is 11.9 Å². The van der Waals surface area contributed by atoms with E-state index in [0.29, 0.717) is 30.1 Å². The first-order valence-corrected chi connectivity index (χ1v) is 19.1. The van der Waals surface area contributed by atoms with Crippen LogP contribution in [0.15, 0.2) is 12.1 Å². The number of phenols is 1. The topological polar surface area (TPSA) is 99.1 Å². The summed E-state index contributed by atoms with van der Waals surface area (Å²) in [5.74, 6) is -0.264. The zero-order valence-corrected chi connectivity index (χ0v) is 30.1. The van der Waals surface area contributed by atoms with Crippen LogP contribution in [0.4, 0.5) is 0 Å². The summed E-state index contributed by atoms with van der Waals surface area (Å²) in [7, 11) is -3.51. The smallest absolute Gasteiger partial charge is 0.306 e. The van der Waals surface area contributed by atoms with Gasteiger partial charge in [-0.25, -0.2) is 0 Å². The molecule has 0 saturated heterocycles. The lowest BCUT2D eigenvalue weighted by Crippen LogP contribution is -2.18. The zero-order valence-electron chi connectivity index (χ0n) is 29.2. The van der Waals surface area contributed by atoms with E-state index >= 15 is 0 Å². The van der Waals surface area contributed by atoms with Gasteiger partial charge in [0, 0.05) is 23.5 Å². The number of esters is 2. The van der Waals surface area contributed by atoms with Crippen molar-refractivity contribution in [1.82, 2.24) is 0 Å². The highest BCUT2D eigenvalue weighted by molar-refractivity contribution is 7.59. The van der Waals surface area contributed by atoms with E-state index in [4.69, 9.17) is 14.0 Å². The molecule has 0 aliphatic heterocycles. The quantitative estimate of drug-likeness (QED) is 0.0766. The molecule has 0 aromatic heterocycles. The molecule has 254 valence electrons. The molecular formula is C36H63O7P. The van der Waals surface area contributed by atoms with E-state index in [1.807, 2.05) is 41.5 Å². The third kappa shape index (κ3) is 16.3. The standard InChI is InChI=1S/C36H63O7P/c1-9-11-13-15-17-19-23-41-32(37)21-25-44(40,26-22-33(38)42-24-20-18-16-14-12-10-2)43-29-27-30(35(3,4)5)34(39)31(28-29)36(6,7)8/h27-28,39H,9-26H2,1-8H3. The average molecular weight is 639 g/mol. The minimum absolute atomic E-state index is 0.0381. The predicted octanol–water partition coefficient (Wildman–Crippen LogP) is 10.2. The Kier molecular flexibility index (Phi) is 18.4. The Bertz CT molecular complexity index is 963. The number of carbonyl (C=O) groups excluding carboxylic acids is 2. The van der Waals surface area contributed by atoms with Crippen LogP contribution in [0.25, 0.3) is 0 Å². The molecule has 44 heavy (non-hydrogen) atoms. The van der Waals surface area contributed by atoms with E-state index in [1.165, 1.54) is 38.5 Å². The predicted molar refractivity (Wildman–Crippen MR) is 181 cm³/mol. The molecule has 0 aliphatic rings. The average Bonchev–Trinajstić information content (AvgIpc) is 2.94. The van der Waals surface area contributed by atoms with E-state index in [2.05, 4.69) is 13.8 Å². The van der Waals surface area contributed by atoms with Gasteiger partial charge in [0.1, 0.15) is 11.5 Å². The van der Waals surface area contributed by atoms with Crippen LogP contribution in [0.2, 0.25) is 0 Å². The number of rotatable bonds is 22. The van der Waals surface area contributed by atoms with Gasteiger partial charge in [-0.1, -0.05) is 120 Å². The Labute approximate surface area is 268 Å². The highest BCUT2D eigenvalue weighted by Crippen LogP contribution is 2.51. The second-order valence-corrected chi connectivity index (χ2v) is 16.9. The summed E-state index contributed by atoms with van der Waals surface area (Å²) in [6.07, 6.45) is 12.9. The molecule has 0 amide bonds. The van der Waals surface area contributed by atoms with Gasteiger partial charge in [-0.05, 0) is 35.8 Å². The van der Waals surface area contributed by atoms with Gasteiger partial charge in [-0.15, -0.1) is 0 Å². The maximum Gasteiger partial charge on any atom is 0.306 e. The molecular weight excluding hydrogens is 575 g/mol. The fourth-order valence-corrected chi connectivity index (χ4v) is 6.95. The number of benzene rings is 1. The van der Waals surface area contributed by atoms with Gasteiger partial charge in [-0.3, -0.25) is 14.2 Å². The highest BCUT2D eigenvalue weighted by Gasteiger charge is 2.31. The first-order valence-electron chi connectivity index (χ1n) is 17.1.